The highest BCUT2D eigenvalue weighted by Gasteiger charge is 2.24. The fraction of sp³-hybridized carbons (Fsp3) is 0.819. The second kappa shape index (κ2) is 72.9. The zero-order valence-electron chi connectivity index (χ0n) is 61.8. The molecule has 0 aromatic rings. The molecule has 538 valence electrons. The number of rotatable bonds is 74. The molecule has 92 heavy (non-hydrogen) atoms. The monoisotopic (exact) mass is 1310 g/mol. The van der Waals surface area contributed by atoms with Gasteiger partial charge in [0.1, 0.15) is 13.2 Å². The van der Waals surface area contributed by atoms with E-state index < -0.39 is 20.0 Å². The van der Waals surface area contributed by atoms with Gasteiger partial charge in [0.15, 0.2) is 0 Å². The first-order chi connectivity index (χ1) is 45.0. The molecule has 0 aromatic carbocycles. The molecular formula is C83H155N2O6P. The number of amides is 1. The van der Waals surface area contributed by atoms with E-state index in [1.807, 2.05) is 21.1 Å². The Hall–Kier alpha value is -2.32. The molecule has 2 N–H and O–H groups in total. The second-order valence-electron chi connectivity index (χ2n) is 28.4. The predicted octanol–water partition coefficient (Wildman–Crippen LogP) is 25.6. The number of phosphoric ester groups is 1. The number of nitrogens with one attached hydrogen (secondary N) is 1. The first-order valence-corrected chi connectivity index (χ1v) is 41.4. The molecule has 0 saturated carbocycles. The van der Waals surface area contributed by atoms with E-state index in [0.717, 1.165) is 83.5 Å². The molecule has 3 unspecified atom stereocenters. The van der Waals surface area contributed by atoms with Crippen LogP contribution < -0.4 is 10.2 Å². The maximum atomic E-state index is 13.1. The third-order valence-corrected chi connectivity index (χ3v) is 19.1. The van der Waals surface area contributed by atoms with Crippen LogP contribution in [0, 0.1) is 0 Å². The Morgan fingerprint density at radius 2 is 0.663 bits per heavy atom. The van der Waals surface area contributed by atoms with E-state index in [1.54, 1.807) is 0 Å². The van der Waals surface area contributed by atoms with E-state index in [0.29, 0.717) is 23.9 Å². The van der Waals surface area contributed by atoms with Crippen molar-refractivity contribution in [3.8, 4) is 0 Å². The Morgan fingerprint density at radius 3 is 0.967 bits per heavy atom. The number of aliphatic hydroxyl groups is 1. The van der Waals surface area contributed by atoms with Gasteiger partial charge in [-0.1, -0.05) is 394 Å². The number of quaternary nitrogens is 1. The molecular weight excluding hydrogens is 1150 g/mol. The first kappa shape index (κ1) is 89.7. The Morgan fingerprint density at radius 1 is 0.391 bits per heavy atom. The molecule has 0 saturated heterocycles. The number of nitrogens with zero attached hydrogens (tertiary/aromatic N) is 1. The van der Waals surface area contributed by atoms with Crippen LogP contribution in [-0.4, -0.2) is 68.5 Å². The van der Waals surface area contributed by atoms with Gasteiger partial charge in [0.2, 0.25) is 5.91 Å². The molecule has 0 aliphatic heterocycles. The molecule has 0 spiro atoms. The van der Waals surface area contributed by atoms with E-state index >= 15 is 0 Å². The number of phosphoric acid groups is 1. The second-order valence-corrected chi connectivity index (χ2v) is 29.8. The number of likely N-dealkylation sites (N-methyl/N-ethyl adjacent to an activating group) is 1. The third-order valence-electron chi connectivity index (χ3n) is 18.1. The molecule has 9 heteroatoms. The molecule has 0 bridgehead atoms. The lowest BCUT2D eigenvalue weighted by Gasteiger charge is -2.30. The number of unbranched alkanes of at least 4 members (excludes halogenated alkanes) is 47. The van der Waals surface area contributed by atoms with Crippen LogP contribution in [0.25, 0.3) is 0 Å². The highest BCUT2D eigenvalue weighted by atomic mass is 31.2. The fourth-order valence-corrected chi connectivity index (χ4v) is 12.8. The average Bonchev–Trinajstić information content (AvgIpc) is 2.63. The molecule has 0 aromatic heterocycles. The van der Waals surface area contributed by atoms with Crippen LogP contribution in [0.2, 0.25) is 0 Å². The summed E-state index contributed by atoms with van der Waals surface area (Å²) in [5.74, 6) is -0.159. The maximum absolute atomic E-state index is 13.1. The van der Waals surface area contributed by atoms with Gasteiger partial charge in [-0.15, -0.1) is 0 Å². The lowest BCUT2D eigenvalue weighted by molar-refractivity contribution is -0.870. The maximum Gasteiger partial charge on any atom is 0.268 e. The topological polar surface area (TPSA) is 108 Å². The van der Waals surface area contributed by atoms with Crippen molar-refractivity contribution in [1.82, 2.24) is 5.32 Å². The Labute approximate surface area is 573 Å². The van der Waals surface area contributed by atoms with Gasteiger partial charge in [-0.25, -0.2) is 0 Å². The molecule has 0 radical (unpaired) electrons. The van der Waals surface area contributed by atoms with Crippen LogP contribution in [0.5, 0.6) is 0 Å². The van der Waals surface area contributed by atoms with Crippen molar-refractivity contribution < 1.29 is 32.9 Å². The summed E-state index contributed by atoms with van der Waals surface area (Å²) in [5, 5.41) is 14.1. The van der Waals surface area contributed by atoms with Crippen LogP contribution >= 0.6 is 7.82 Å². The summed E-state index contributed by atoms with van der Waals surface area (Å²) in [4.78, 5) is 25.7. The summed E-state index contributed by atoms with van der Waals surface area (Å²) in [6.07, 6.45) is 104. The summed E-state index contributed by atoms with van der Waals surface area (Å²) < 4.78 is 23.6. The van der Waals surface area contributed by atoms with Crippen LogP contribution in [0.15, 0.2) is 85.1 Å². The Balaban J connectivity index is 3.94. The molecule has 1 amide bonds. The average molecular weight is 1310 g/mol. The number of carbonyl (C=O) groups is 1. The highest BCUT2D eigenvalue weighted by Crippen LogP contribution is 2.38. The number of hydrogen-bond acceptors (Lipinski definition) is 6. The Kier molecular flexibility index (Phi) is 71.1. The van der Waals surface area contributed by atoms with Crippen molar-refractivity contribution in [2.75, 3.05) is 40.9 Å². The quantitative estimate of drug-likeness (QED) is 0.0272. The highest BCUT2D eigenvalue weighted by molar-refractivity contribution is 7.45. The minimum atomic E-state index is -4.59. The van der Waals surface area contributed by atoms with Crippen LogP contribution in [0.1, 0.15) is 386 Å². The Bertz CT molecular complexity index is 1780. The summed E-state index contributed by atoms with van der Waals surface area (Å²) in [6.45, 7) is 4.66. The number of allylic oxidation sites excluding steroid dienone is 14. The standard InChI is InChI=1S/C83H155N2O6P/c1-6-8-10-12-14-16-18-20-22-24-26-28-30-32-34-36-37-38-39-40-41-42-43-44-45-46-47-49-51-53-55-57-59-61-63-65-67-69-71-73-75-77-83(87)84-81(80-91-92(88,89)90-79-78-85(3,4)5)82(86)76-74-72-70-68-66-64-62-60-58-56-54-52-50-48-35-33-31-29-27-25-23-21-19-17-15-13-11-9-7-2/h8,10,14,16,20,22,26,28,32,34,37-38,40-41,81-82,86H,6-7,9,11-13,15,17-19,21,23-25,27,29-31,33,35-36,39,42-80H2,1-5H3,(H-,84,87,88,89)/b10-8-,16-14-,22-20-,28-26-,34-32-,38-37-,41-40-. The first-order valence-electron chi connectivity index (χ1n) is 39.9. The summed E-state index contributed by atoms with van der Waals surface area (Å²) in [5.41, 5.74) is 0. The van der Waals surface area contributed by atoms with Crippen molar-refractivity contribution in [3.05, 3.63) is 85.1 Å². The molecule has 0 heterocycles. The van der Waals surface area contributed by atoms with Gasteiger partial charge in [0, 0.05) is 6.42 Å². The molecule has 0 aliphatic rings. The summed E-state index contributed by atoms with van der Waals surface area (Å²) >= 11 is 0. The van der Waals surface area contributed by atoms with Gasteiger partial charge < -0.3 is 28.8 Å². The SMILES string of the molecule is CC/C=C\C/C=C\C/C=C\C/C=C\C/C=C\C/C=C\C/C=C\CCCCCCCCCCCCCCCCCCCCCC(=O)NC(COP(=O)([O-])OCC[N+](C)(C)C)C(O)CCCCCCCCCCCCCCCCCCCCCCCCCCCCCCC. The van der Waals surface area contributed by atoms with Crippen molar-refractivity contribution in [3.63, 3.8) is 0 Å². The smallest absolute Gasteiger partial charge is 0.268 e. The lowest BCUT2D eigenvalue weighted by atomic mass is 10.0. The van der Waals surface area contributed by atoms with Crippen molar-refractivity contribution in [1.29, 1.82) is 0 Å². The fourth-order valence-electron chi connectivity index (χ4n) is 12.0. The van der Waals surface area contributed by atoms with Gasteiger partial charge >= 0.3 is 0 Å². The van der Waals surface area contributed by atoms with Gasteiger partial charge in [-0.2, -0.15) is 0 Å². The normalized spacial score (nSPS) is 13.9. The number of carbonyl (C=O) groups excluding carboxylic acids is 1. The van der Waals surface area contributed by atoms with Crippen LogP contribution in [0.4, 0.5) is 0 Å². The van der Waals surface area contributed by atoms with Gasteiger partial charge in [-0.3, -0.25) is 9.36 Å². The van der Waals surface area contributed by atoms with E-state index in [1.165, 1.54) is 276 Å². The molecule has 0 rings (SSSR count). The number of hydrogen-bond donors (Lipinski definition) is 2. The van der Waals surface area contributed by atoms with Gasteiger partial charge in [0.25, 0.3) is 7.82 Å². The molecule has 0 aliphatic carbocycles. The lowest BCUT2D eigenvalue weighted by Crippen LogP contribution is -2.46. The zero-order chi connectivity index (χ0) is 66.9. The zero-order valence-corrected chi connectivity index (χ0v) is 62.6. The largest absolute Gasteiger partial charge is 0.756 e. The van der Waals surface area contributed by atoms with E-state index in [2.05, 4.69) is 104 Å². The number of aliphatic hydroxyl groups excluding tert-OH is 1. The van der Waals surface area contributed by atoms with Gasteiger partial charge in [0.05, 0.1) is 39.9 Å². The van der Waals surface area contributed by atoms with E-state index in [-0.39, 0.29) is 19.1 Å². The van der Waals surface area contributed by atoms with Gasteiger partial charge in [-0.05, 0) is 70.6 Å². The summed E-state index contributed by atoms with van der Waals surface area (Å²) in [6, 6.07) is -0.805. The van der Waals surface area contributed by atoms with Crippen molar-refractivity contribution in [2.45, 2.75) is 398 Å². The van der Waals surface area contributed by atoms with E-state index in [4.69, 9.17) is 9.05 Å². The molecule has 8 nitrogen and oxygen atoms in total. The summed E-state index contributed by atoms with van der Waals surface area (Å²) in [7, 11) is 1.32. The molecule has 0 fully saturated rings. The van der Waals surface area contributed by atoms with E-state index in [9.17, 15) is 19.4 Å². The third kappa shape index (κ3) is 75.1. The van der Waals surface area contributed by atoms with Crippen molar-refractivity contribution >= 4 is 13.7 Å². The minimum absolute atomic E-state index is 0.0124. The predicted molar refractivity (Wildman–Crippen MR) is 403 cm³/mol. The molecule has 3 atom stereocenters. The van der Waals surface area contributed by atoms with Crippen molar-refractivity contribution in [2.24, 2.45) is 0 Å². The van der Waals surface area contributed by atoms with Crippen LogP contribution in [-0.2, 0) is 18.4 Å². The minimum Gasteiger partial charge on any atom is -0.756 e. The van der Waals surface area contributed by atoms with Crippen LogP contribution in [0.3, 0.4) is 0 Å².